The number of esters is 1. The molecule has 3 nitrogen and oxygen atoms in total. The number of ether oxygens (including phenoxy) is 1. The van der Waals surface area contributed by atoms with Gasteiger partial charge in [-0.15, -0.1) is 0 Å². The van der Waals surface area contributed by atoms with Crippen LogP contribution in [0, 0.1) is 6.92 Å². The average molecular weight is 224 g/mol. The number of carbonyl (C=O) groups excluding carboxylic acids is 1. The summed E-state index contributed by atoms with van der Waals surface area (Å²) >= 11 is 6.14. The lowest BCUT2D eigenvalue weighted by Gasteiger charge is -2.03. The first-order chi connectivity index (χ1) is 7.15. The van der Waals surface area contributed by atoms with Gasteiger partial charge in [0.05, 0.1) is 17.7 Å². The molecule has 0 aliphatic carbocycles. The van der Waals surface area contributed by atoms with Crippen LogP contribution in [-0.4, -0.2) is 18.1 Å². The fraction of sp³-hybridized carbons (Fsp3) is 0.182. The first-order valence-corrected chi connectivity index (χ1v) is 4.87. The topological polar surface area (TPSA) is 42.1 Å². The zero-order valence-electron chi connectivity index (χ0n) is 8.43. The second-order valence-corrected chi connectivity index (χ2v) is 3.69. The van der Waals surface area contributed by atoms with Crippen molar-refractivity contribution < 1.29 is 9.53 Å². The van der Waals surface area contributed by atoms with Crippen LogP contribution in [0.3, 0.4) is 0 Å². The molecule has 0 unspecified atom stereocenters. The van der Waals surface area contributed by atoms with E-state index in [0.29, 0.717) is 10.6 Å². The molecule has 78 valence electrons. The van der Waals surface area contributed by atoms with E-state index in [1.165, 1.54) is 7.11 Å². The van der Waals surface area contributed by atoms with Gasteiger partial charge < -0.3 is 9.72 Å². The third-order valence-electron chi connectivity index (χ3n) is 2.39. The minimum Gasteiger partial charge on any atom is -0.465 e. The number of H-pyrrole nitrogens is 1. The number of hydrogen-bond acceptors (Lipinski definition) is 2. The number of methoxy groups -OCH3 is 1. The number of aryl methyl sites for hydroxylation is 1. The Labute approximate surface area is 92.0 Å². The molecule has 2 rings (SSSR count). The fourth-order valence-corrected chi connectivity index (χ4v) is 2.00. The van der Waals surface area contributed by atoms with Crippen LogP contribution >= 0.6 is 11.6 Å². The highest BCUT2D eigenvalue weighted by Gasteiger charge is 2.14. The number of nitrogens with one attached hydrogen (secondary N) is 1. The molecule has 1 aromatic carbocycles. The van der Waals surface area contributed by atoms with E-state index in [1.807, 2.05) is 19.2 Å². The Hall–Kier alpha value is -1.48. The molecule has 15 heavy (non-hydrogen) atoms. The molecule has 1 N–H and O–H groups in total. The van der Waals surface area contributed by atoms with E-state index < -0.39 is 5.97 Å². The predicted octanol–water partition coefficient (Wildman–Crippen LogP) is 2.92. The monoisotopic (exact) mass is 223 g/mol. The lowest BCUT2D eigenvalue weighted by atomic mass is 10.1. The van der Waals surface area contributed by atoms with Crippen LogP contribution in [0.1, 0.15) is 15.9 Å². The van der Waals surface area contributed by atoms with Crippen molar-refractivity contribution in [2.45, 2.75) is 6.92 Å². The molecule has 2 aromatic rings. The van der Waals surface area contributed by atoms with Crippen molar-refractivity contribution >= 4 is 28.5 Å². The normalized spacial score (nSPS) is 10.6. The smallest absolute Gasteiger partial charge is 0.339 e. The number of aromatic amines is 1. The van der Waals surface area contributed by atoms with Crippen molar-refractivity contribution in [2.75, 3.05) is 7.11 Å². The summed E-state index contributed by atoms with van der Waals surface area (Å²) in [6, 6.07) is 3.48. The molecule has 0 radical (unpaired) electrons. The van der Waals surface area contributed by atoms with Gasteiger partial charge in [-0.1, -0.05) is 11.6 Å². The van der Waals surface area contributed by atoms with Crippen molar-refractivity contribution in [3.8, 4) is 0 Å². The zero-order chi connectivity index (χ0) is 11.0. The molecule has 0 atom stereocenters. The molecule has 4 heteroatoms. The van der Waals surface area contributed by atoms with Crippen molar-refractivity contribution in [3.63, 3.8) is 0 Å². The van der Waals surface area contributed by atoms with Gasteiger partial charge >= 0.3 is 5.97 Å². The van der Waals surface area contributed by atoms with Gasteiger partial charge in [-0.3, -0.25) is 0 Å². The SMILES string of the molecule is COC(=O)c1ccc2[nH]cc(C)c2c1Cl. The van der Waals surface area contributed by atoms with Gasteiger partial charge in [-0.2, -0.15) is 0 Å². The van der Waals surface area contributed by atoms with E-state index in [9.17, 15) is 4.79 Å². The zero-order valence-corrected chi connectivity index (χ0v) is 9.18. The lowest BCUT2D eigenvalue weighted by molar-refractivity contribution is 0.0601. The molecule has 0 bridgehead atoms. The highest BCUT2D eigenvalue weighted by atomic mass is 35.5. The maximum absolute atomic E-state index is 11.4. The summed E-state index contributed by atoms with van der Waals surface area (Å²) in [5, 5.41) is 1.32. The number of rotatable bonds is 1. The van der Waals surface area contributed by atoms with Crippen LogP contribution in [0.5, 0.6) is 0 Å². The molecule has 0 saturated heterocycles. The summed E-state index contributed by atoms with van der Waals surface area (Å²) in [7, 11) is 1.34. The molecule has 0 spiro atoms. The Kier molecular flexibility index (Phi) is 2.40. The largest absolute Gasteiger partial charge is 0.465 e. The Balaban J connectivity index is 2.74. The summed E-state index contributed by atoms with van der Waals surface area (Å²) in [5.41, 5.74) is 2.33. The van der Waals surface area contributed by atoms with Gasteiger partial charge in [0, 0.05) is 17.1 Å². The maximum atomic E-state index is 11.4. The van der Waals surface area contributed by atoms with Crippen molar-refractivity contribution in [1.29, 1.82) is 0 Å². The Bertz CT molecular complexity index is 531. The van der Waals surface area contributed by atoms with Gasteiger partial charge in [0.25, 0.3) is 0 Å². The first-order valence-electron chi connectivity index (χ1n) is 4.49. The van der Waals surface area contributed by atoms with Gasteiger partial charge in [-0.05, 0) is 24.6 Å². The Morgan fingerprint density at radius 1 is 1.47 bits per heavy atom. The van der Waals surface area contributed by atoms with Gasteiger partial charge in [0.2, 0.25) is 0 Å². The fourth-order valence-electron chi connectivity index (χ4n) is 1.61. The molecule has 1 aromatic heterocycles. The van der Waals surface area contributed by atoms with Crippen LogP contribution in [-0.2, 0) is 4.74 Å². The lowest BCUT2D eigenvalue weighted by Crippen LogP contribution is -2.01. The number of benzene rings is 1. The van der Waals surface area contributed by atoms with Crippen LogP contribution in [0.15, 0.2) is 18.3 Å². The van der Waals surface area contributed by atoms with Gasteiger partial charge in [0.15, 0.2) is 0 Å². The van der Waals surface area contributed by atoms with E-state index in [1.54, 1.807) is 6.07 Å². The van der Waals surface area contributed by atoms with Crippen molar-refractivity contribution in [2.24, 2.45) is 0 Å². The summed E-state index contributed by atoms with van der Waals surface area (Å²) < 4.78 is 4.65. The van der Waals surface area contributed by atoms with Crippen molar-refractivity contribution in [3.05, 3.63) is 34.5 Å². The molecular formula is C11H10ClNO2. The summed E-state index contributed by atoms with van der Waals surface area (Å²) in [6.07, 6.45) is 1.86. The third-order valence-corrected chi connectivity index (χ3v) is 2.78. The molecule has 0 saturated carbocycles. The van der Waals surface area contributed by atoms with E-state index in [4.69, 9.17) is 11.6 Å². The minimum atomic E-state index is -0.414. The Morgan fingerprint density at radius 2 is 2.20 bits per heavy atom. The highest BCUT2D eigenvalue weighted by molar-refractivity contribution is 6.38. The summed E-state index contributed by atoms with van der Waals surface area (Å²) in [4.78, 5) is 14.5. The van der Waals surface area contributed by atoms with Crippen molar-refractivity contribution in [1.82, 2.24) is 4.98 Å². The van der Waals surface area contributed by atoms with E-state index in [2.05, 4.69) is 9.72 Å². The average Bonchev–Trinajstić information content (AvgIpc) is 2.61. The van der Waals surface area contributed by atoms with E-state index >= 15 is 0 Å². The minimum absolute atomic E-state index is 0.398. The summed E-state index contributed by atoms with van der Waals surface area (Å²) in [5.74, 6) is -0.414. The van der Waals surface area contributed by atoms with Gasteiger partial charge in [0.1, 0.15) is 0 Å². The number of fused-ring (bicyclic) bond motifs is 1. The molecule has 1 heterocycles. The number of halogens is 1. The number of aromatic nitrogens is 1. The van der Waals surface area contributed by atoms with Crippen LogP contribution in [0.2, 0.25) is 5.02 Å². The standard InChI is InChI=1S/C11H10ClNO2/c1-6-5-13-8-4-3-7(11(14)15-2)10(12)9(6)8/h3-5,13H,1-2H3. The first kappa shape index (κ1) is 10.1. The molecular weight excluding hydrogens is 214 g/mol. The predicted molar refractivity (Wildman–Crippen MR) is 59.4 cm³/mol. The Morgan fingerprint density at radius 3 is 2.87 bits per heavy atom. The molecule has 0 aliphatic rings. The summed E-state index contributed by atoms with van der Waals surface area (Å²) in [6.45, 7) is 1.94. The molecule has 0 aliphatic heterocycles. The quantitative estimate of drug-likeness (QED) is 0.756. The number of carbonyl (C=O) groups is 1. The van der Waals surface area contributed by atoms with Crippen LogP contribution < -0.4 is 0 Å². The van der Waals surface area contributed by atoms with E-state index in [-0.39, 0.29) is 0 Å². The second kappa shape index (κ2) is 3.59. The number of hydrogen-bond donors (Lipinski definition) is 1. The molecule has 0 amide bonds. The highest BCUT2D eigenvalue weighted by Crippen LogP contribution is 2.29. The third kappa shape index (κ3) is 1.49. The maximum Gasteiger partial charge on any atom is 0.339 e. The molecule has 0 fully saturated rings. The second-order valence-electron chi connectivity index (χ2n) is 3.31. The van der Waals surface area contributed by atoms with Crippen LogP contribution in [0.25, 0.3) is 10.9 Å². The van der Waals surface area contributed by atoms with Gasteiger partial charge in [-0.25, -0.2) is 4.79 Å². The van der Waals surface area contributed by atoms with E-state index in [0.717, 1.165) is 16.5 Å². The van der Waals surface area contributed by atoms with Crippen LogP contribution in [0.4, 0.5) is 0 Å².